The van der Waals surface area contributed by atoms with Crippen molar-refractivity contribution < 1.29 is 9.53 Å². The maximum absolute atomic E-state index is 12.4. The van der Waals surface area contributed by atoms with Gasteiger partial charge in [0.05, 0.1) is 17.1 Å². The molecule has 0 fully saturated rings. The molecule has 7 nitrogen and oxygen atoms in total. The van der Waals surface area contributed by atoms with Gasteiger partial charge in [-0.2, -0.15) is 10.4 Å². The molecular formula is C20H15ClN4O3. The van der Waals surface area contributed by atoms with Crippen LogP contribution >= 0.6 is 11.6 Å². The third-order valence-corrected chi connectivity index (χ3v) is 4.09. The molecule has 0 unspecified atom stereocenters. The van der Waals surface area contributed by atoms with Crippen LogP contribution in [0.2, 0.25) is 5.02 Å². The lowest BCUT2D eigenvalue weighted by Gasteiger charge is -2.09. The zero-order valence-corrected chi connectivity index (χ0v) is 15.4. The van der Waals surface area contributed by atoms with Gasteiger partial charge in [0.1, 0.15) is 24.1 Å². The number of benzene rings is 2. The Morgan fingerprint density at radius 1 is 1.18 bits per heavy atom. The van der Waals surface area contributed by atoms with Crippen LogP contribution in [-0.2, 0) is 6.54 Å². The van der Waals surface area contributed by atoms with Gasteiger partial charge in [0.2, 0.25) is 0 Å². The van der Waals surface area contributed by atoms with Gasteiger partial charge in [0, 0.05) is 11.8 Å². The van der Waals surface area contributed by atoms with Crippen LogP contribution < -0.4 is 15.6 Å². The van der Waals surface area contributed by atoms with Crippen LogP contribution in [0.25, 0.3) is 0 Å². The van der Waals surface area contributed by atoms with Crippen molar-refractivity contribution in [3.05, 3.63) is 87.3 Å². The fraction of sp³-hybridized carbons (Fsp3) is 0.100. The summed E-state index contributed by atoms with van der Waals surface area (Å²) in [5.74, 6) is 0.171. The summed E-state index contributed by atoms with van der Waals surface area (Å²) in [6.07, 6.45) is 0. The van der Waals surface area contributed by atoms with Crippen LogP contribution in [0.5, 0.6) is 5.75 Å². The van der Waals surface area contributed by atoms with Crippen molar-refractivity contribution in [1.82, 2.24) is 9.78 Å². The van der Waals surface area contributed by atoms with E-state index in [9.17, 15) is 9.59 Å². The second-order valence-corrected chi connectivity index (χ2v) is 6.11. The van der Waals surface area contributed by atoms with Crippen molar-refractivity contribution in [3.8, 4) is 11.8 Å². The molecule has 0 aliphatic carbocycles. The molecule has 8 heteroatoms. The average Bonchev–Trinajstić information content (AvgIpc) is 2.71. The van der Waals surface area contributed by atoms with Crippen molar-refractivity contribution in [2.24, 2.45) is 0 Å². The summed E-state index contributed by atoms with van der Waals surface area (Å²) in [7, 11) is 0. The fourth-order valence-electron chi connectivity index (χ4n) is 2.38. The molecule has 0 atom stereocenters. The summed E-state index contributed by atoms with van der Waals surface area (Å²) in [6, 6.07) is 18.3. The lowest BCUT2D eigenvalue weighted by Crippen LogP contribution is -2.28. The van der Waals surface area contributed by atoms with Crippen molar-refractivity contribution in [3.63, 3.8) is 0 Å². The monoisotopic (exact) mass is 394 g/mol. The number of hydrogen-bond acceptors (Lipinski definition) is 5. The van der Waals surface area contributed by atoms with Crippen LogP contribution in [-0.4, -0.2) is 22.3 Å². The van der Waals surface area contributed by atoms with Crippen molar-refractivity contribution in [2.75, 3.05) is 11.9 Å². The number of para-hydroxylation sites is 1. The zero-order valence-electron chi connectivity index (χ0n) is 14.6. The molecule has 2 aromatic carbocycles. The first-order valence-electron chi connectivity index (χ1n) is 8.34. The van der Waals surface area contributed by atoms with Crippen molar-refractivity contribution >= 4 is 23.2 Å². The Morgan fingerprint density at radius 3 is 2.71 bits per heavy atom. The van der Waals surface area contributed by atoms with Crippen LogP contribution in [0.15, 0.2) is 65.5 Å². The van der Waals surface area contributed by atoms with Gasteiger partial charge < -0.3 is 10.1 Å². The van der Waals surface area contributed by atoms with E-state index in [2.05, 4.69) is 10.4 Å². The van der Waals surface area contributed by atoms with Gasteiger partial charge in [-0.25, -0.2) is 4.68 Å². The van der Waals surface area contributed by atoms with E-state index in [1.807, 2.05) is 36.4 Å². The highest BCUT2D eigenvalue weighted by Crippen LogP contribution is 2.20. The number of anilines is 1. The Hall–Kier alpha value is -3.63. The number of hydrogen-bond donors (Lipinski definition) is 1. The minimum absolute atomic E-state index is 0.0627. The van der Waals surface area contributed by atoms with Crippen LogP contribution in [0.3, 0.4) is 0 Å². The number of ether oxygens (including phenoxy) is 1. The first-order chi connectivity index (χ1) is 13.6. The molecule has 0 saturated carbocycles. The second kappa shape index (κ2) is 8.84. The minimum Gasteiger partial charge on any atom is -0.492 e. The van der Waals surface area contributed by atoms with Crippen LogP contribution in [0.1, 0.15) is 16.1 Å². The number of rotatable bonds is 6. The van der Waals surface area contributed by atoms with E-state index in [4.69, 9.17) is 21.6 Å². The minimum atomic E-state index is -0.510. The number of aromatic nitrogens is 2. The molecule has 0 bridgehead atoms. The molecule has 0 spiro atoms. The van der Waals surface area contributed by atoms with Gasteiger partial charge in [-0.3, -0.25) is 9.59 Å². The third-order valence-electron chi connectivity index (χ3n) is 3.76. The fourth-order valence-corrected chi connectivity index (χ4v) is 2.54. The largest absolute Gasteiger partial charge is 0.492 e. The van der Waals surface area contributed by atoms with E-state index in [0.717, 1.165) is 0 Å². The standard InChI is InChI=1S/C20H15ClN4O3/c21-17-7-6-15(12-14(17)13-22)23-20(27)18-8-9-19(26)25(24-18)10-11-28-16-4-2-1-3-5-16/h1-9,12H,10-11H2,(H,23,27). The molecule has 0 saturated heterocycles. The van der Waals surface area contributed by atoms with Crippen molar-refractivity contribution in [2.45, 2.75) is 6.54 Å². The van der Waals surface area contributed by atoms with E-state index in [1.165, 1.54) is 28.9 Å². The summed E-state index contributed by atoms with van der Waals surface area (Å²) >= 11 is 5.88. The molecule has 0 aliphatic rings. The zero-order chi connectivity index (χ0) is 19.9. The van der Waals surface area contributed by atoms with E-state index in [1.54, 1.807) is 6.07 Å². The van der Waals surface area contributed by atoms with Crippen molar-refractivity contribution in [1.29, 1.82) is 5.26 Å². The number of nitriles is 1. The van der Waals surface area contributed by atoms with Gasteiger partial charge in [0.15, 0.2) is 0 Å². The van der Waals surface area contributed by atoms with Gasteiger partial charge >= 0.3 is 0 Å². The lowest BCUT2D eigenvalue weighted by molar-refractivity contribution is 0.101. The molecule has 3 rings (SSSR count). The van der Waals surface area contributed by atoms with Gasteiger partial charge in [0.25, 0.3) is 11.5 Å². The maximum atomic E-state index is 12.4. The first-order valence-corrected chi connectivity index (χ1v) is 8.71. The number of amides is 1. The maximum Gasteiger partial charge on any atom is 0.276 e. The summed E-state index contributed by atoms with van der Waals surface area (Å²) in [5.41, 5.74) is 0.368. The van der Waals surface area contributed by atoms with Crippen LogP contribution in [0, 0.1) is 11.3 Å². The highest BCUT2D eigenvalue weighted by atomic mass is 35.5. The highest BCUT2D eigenvalue weighted by molar-refractivity contribution is 6.31. The summed E-state index contributed by atoms with van der Waals surface area (Å²) in [4.78, 5) is 24.4. The number of nitrogens with zero attached hydrogens (tertiary/aromatic N) is 3. The highest BCUT2D eigenvalue weighted by Gasteiger charge is 2.11. The lowest BCUT2D eigenvalue weighted by atomic mass is 10.2. The predicted octanol–water partition coefficient (Wildman–Crippen LogP) is 3.10. The number of carbonyl (C=O) groups excluding carboxylic acids is 1. The molecule has 1 amide bonds. The molecule has 1 aromatic heterocycles. The molecule has 3 aromatic rings. The normalized spacial score (nSPS) is 10.1. The van der Waals surface area contributed by atoms with E-state index >= 15 is 0 Å². The molecule has 140 valence electrons. The Bertz CT molecular complexity index is 1090. The first kappa shape index (κ1) is 19.1. The quantitative estimate of drug-likeness (QED) is 0.692. The second-order valence-electron chi connectivity index (χ2n) is 5.70. The Kier molecular flexibility index (Phi) is 6.04. The Labute approximate surface area is 165 Å². The van der Waals surface area contributed by atoms with Crippen LogP contribution in [0.4, 0.5) is 5.69 Å². The number of carbonyl (C=O) groups is 1. The molecular weight excluding hydrogens is 380 g/mol. The van der Waals surface area contributed by atoms with E-state index < -0.39 is 5.91 Å². The SMILES string of the molecule is N#Cc1cc(NC(=O)c2ccc(=O)n(CCOc3ccccc3)n2)ccc1Cl. The Balaban J connectivity index is 1.69. The van der Waals surface area contributed by atoms with Gasteiger partial charge in [-0.15, -0.1) is 0 Å². The smallest absolute Gasteiger partial charge is 0.276 e. The summed E-state index contributed by atoms with van der Waals surface area (Å²) in [5, 5.41) is 16.0. The van der Waals surface area contributed by atoms with Gasteiger partial charge in [-0.05, 0) is 36.4 Å². The Morgan fingerprint density at radius 2 is 1.96 bits per heavy atom. The molecule has 1 N–H and O–H groups in total. The summed E-state index contributed by atoms with van der Waals surface area (Å²) in [6.45, 7) is 0.416. The molecule has 0 aliphatic heterocycles. The number of nitrogens with one attached hydrogen (secondary N) is 1. The molecule has 28 heavy (non-hydrogen) atoms. The summed E-state index contributed by atoms with van der Waals surface area (Å²) < 4.78 is 6.72. The average molecular weight is 395 g/mol. The molecule has 1 heterocycles. The third kappa shape index (κ3) is 4.75. The van der Waals surface area contributed by atoms with Gasteiger partial charge in [-0.1, -0.05) is 29.8 Å². The van der Waals surface area contributed by atoms with E-state index in [0.29, 0.717) is 16.5 Å². The number of halogens is 1. The van der Waals surface area contributed by atoms with E-state index in [-0.39, 0.29) is 30.0 Å². The topological polar surface area (TPSA) is 97.0 Å². The molecule has 0 radical (unpaired) electrons. The predicted molar refractivity (Wildman–Crippen MR) is 105 cm³/mol.